The zero-order valence-electron chi connectivity index (χ0n) is 15.6. The Labute approximate surface area is 181 Å². The van der Waals surface area contributed by atoms with Gasteiger partial charge in [-0.1, -0.05) is 23.2 Å². The van der Waals surface area contributed by atoms with Crippen LogP contribution >= 0.6 is 23.2 Å². The van der Waals surface area contributed by atoms with Crippen molar-refractivity contribution in [2.45, 2.75) is 0 Å². The van der Waals surface area contributed by atoms with Crippen LogP contribution in [0.1, 0.15) is 20.7 Å². The topological polar surface area (TPSA) is 104 Å². The number of likely N-dealkylation sites (N-methyl/N-ethyl adjacent to an activating group) is 1. The van der Waals surface area contributed by atoms with E-state index in [0.29, 0.717) is 21.5 Å². The summed E-state index contributed by atoms with van der Waals surface area (Å²) in [6.45, 7) is -0.395. The van der Waals surface area contributed by atoms with Crippen LogP contribution < -0.4 is 9.64 Å². The number of amides is 1. The number of carbonyl (C=O) groups excluding carboxylic acids is 1. The predicted octanol–water partition coefficient (Wildman–Crippen LogP) is 4.58. The first-order chi connectivity index (χ1) is 14.2. The number of benzene rings is 3. The van der Waals surface area contributed by atoms with Gasteiger partial charge >= 0.3 is 11.9 Å². The number of anilines is 1. The van der Waals surface area contributed by atoms with Crippen LogP contribution in [0, 0.1) is 0 Å². The van der Waals surface area contributed by atoms with Gasteiger partial charge in [0.15, 0.2) is 6.61 Å². The van der Waals surface area contributed by atoms with Crippen LogP contribution in [-0.4, -0.2) is 41.7 Å². The van der Waals surface area contributed by atoms with E-state index in [1.54, 1.807) is 6.07 Å². The lowest BCUT2D eigenvalue weighted by molar-refractivity contribution is -0.120. The minimum absolute atomic E-state index is 0.0408. The van der Waals surface area contributed by atoms with Crippen LogP contribution in [0.5, 0.6) is 5.75 Å². The molecule has 7 nitrogen and oxygen atoms in total. The van der Waals surface area contributed by atoms with Crippen LogP contribution in [0.4, 0.5) is 5.69 Å². The van der Waals surface area contributed by atoms with Gasteiger partial charge in [0.1, 0.15) is 5.75 Å². The Balaban J connectivity index is 1.86. The Morgan fingerprint density at radius 1 is 0.933 bits per heavy atom. The molecule has 0 aliphatic rings. The number of hydrogen-bond acceptors (Lipinski definition) is 4. The number of ether oxygens (including phenoxy) is 1. The molecule has 3 aromatic rings. The fraction of sp³-hybridized carbons (Fsp3) is 0.0952. The molecule has 0 spiro atoms. The van der Waals surface area contributed by atoms with Gasteiger partial charge in [-0.2, -0.15) is 0 Å². The van der Waals surface area contributed by atoms with Gasteiger partial charge in [-0.3, -0.25) is 4.79 Å². The molecule has 1 amide bonds. The third-order valence-corrected chi connectivity index (χ3v) is 4.92. The standard InChI is InChI=1S/C21H15Cl2NO6/c1-24(15-4-2-11(3-5-15)20(26)27)18(25)10-30-17-8-13(21(28)29)6-12-7-14(22)9-16(23)19(12)17/h2-9H,10H2,1H3,(H,26,27)(H,28,29). The second-order valence-corrected chi connectivity index (χ2v) is 7.20. The first kappa shape index (κ1) is 21.4. The molecule has 0 saturated heterocycles. The molecule has 0 bridgehead atoms. The van der Waals surface area contributed by atoms with Gasteiger partial charge in [-0.25, -0.2) is 9.59 Å². The molecule has 0 aliphatic carbocycles. The van der Waals surface area contributed by atoms with Gasteiger partial charge in [-0.05, 0) is 53.9 Å². The summed E-state index contributed by atoms with van der Waals surface area (Å²) in [5.41, 5.74) is 0.532. The molecule has 0 aromatic heterocycles. The second-order valence-electron chi connectivity index (χ2n) is 6.36. The smallest absolute Gasteiger partial charge is 0.335 e. The summed E-state index contributed by atoms with van der Waals surface area (Å²) in [6, 6.07) is 11.5. The average molecular weight is 448 g/mol. The maximum Gasteiger partial charge on any atom is 0.335 e. The fourth-order valence-electron chi connectivity index (χ4n) is 2.84. The van der Waals surface area contributed by atoms with Crippen LogP contribution in [0.3, 0.4) is 0 Å². The number of carbonyl (C=O) groups is 3. The number of halogens is 2. The van der Waals surface area contributed by atoms with Crippen molar-refractivity contribution in [3.05, 3.63) is 69.7 Å². The quantitative estimate of drug-likeness (QED) is 0.572. The van der Waals surface area contributed by atoms with Gasteiger partial charge in [-0.15, -0.1) is 0 Å². The van der Waals surface area contributed by atoms with E-state index in [4.69, 9.17) is 33.0 Å². The highest BCUT2D eigenvalue weighted by Crippen LogP contribution is 2.36. The average Bonchev–Trinajstić information content (AvgIpc) is 2.70. The molecule has 0 heterocycles. The molecule has 30 heavy (non-hydrogen) atoms. The van der Waals surface area contributed by atoms with Crippen molar-refractivity contribution in [2.24, 2.45) is 0 Å². The SMILES string of the molecule is CN(C(=O)COc1cc(C(=O)O)cc2cc(Cl)cc(Cl)c12)c1ccc(C(=O)O)cc1. The summed E-state index contributed by atoms with van der Waals surface area (Å²) >= 11 is 12.3. The molecule has 0 atom stereocenters. The minimum atomic E-state index is -1.17. The number of carboxylic acid groups (broad SMARTS) is 2. The molecular weight excluding hydrogens is 433 g/mol. The third-order valence-electron chi connectivity index (χ3n) is 4.40. The molecule has 9 heteroatoms. The molecule has 154 valence electrons. The zero-order chi connectivity index (χ0) is 22.0. The third kappa shape index (κ3) is 4.48. The van der Waals surface area contributed by atoms with E-state index < -0.39 is 24.5 Å². The minimum Gasteiger partial charge on any atom is -0.483 e. The van der Waals surface area contributed by atoms with E-state index in [2.05, 4.69) is 0 Å². The molecule has 0 radical (unpaired) electrons. The Morgan fingerprint density at radius 3 is 2.17 bits per heavy atom. The molecule has 3 rings (SSSR count). The Kier molecular flexibility index (Phi) is 6.14. The number of carboxylic acids is 2. The first-order valence-corrected chi connectivity index (χ1v) is 9.32. The van der Waals surface area contributed by atoms with Crippen molar-refractivity contribution >= 4 is 57.5 Å². The summed E-state index contributed by atoms with van der Waals surface area (Å²) in [7, 11) is 1.51. The Bertz CT molecular complexity index is 1160. The molecule has 0 aliphatic heterocycles. The highest BCUT2D eigenvalue weighted by molar-refractivity contribution is 6.39. The number of rotatable bonds is 6. The van der Waals surface area contributed by atoms with Crippen molar-refractivity contribution in [3.63, 3.8) is 0 Å². The molecule has 0 saturated carbocycles. The van der Waals surface area contributed by atoms with E-state index in [-0.39, 0.29) is 21.9 Å². The van der Waals surface area contributed by atoms with E-state index in [1.165, 1.54) is 54.4 Å². The predicted molar refractivity (Wildman–Crippen MR) is 113 cm³/mol. The van der Waals surface area contributed by atoms with E-state index in [1.807, 2.05) is 0 Å². The van der Waals surface area contributed by atoms with Gasteiger partial charge in [0.2, 0.25) is 0 Å². The van der Waals surface area contributed by atoms with Crippen LogP contribution in [-0.2, 0) is 4.79 Å². The van der Waals surface area contributed by atoms with Crippen LogP contribution in [0.2, 0.25) is 10.0 Å². The van der Waals surface area contributed by atoms with E-state index >= 15 is 0 Å². The monoisotopic (exact) mass is 447 g/mol. The summed E-state index contributed by atoms with van der Waals surface area (Å²) in [5, 5.41) is 19.8. The number of hydrogen-bond donors (Lipinski definition) is 2. The maximum absolute atomic E-state index is 12.5. The van der Waals surface area contributed by atoms with Crippen molar-refractivity contribution in [3.8, 4) is 5.75 Å². The van der Waals surface area contributed by atoms with Gasteiger partial charge < -0.3 is 19.8 Å². The fourth-order valence-corrected chi connectivity index (χ4v) is 3.44. The summed E-state index contributed by atoms with van der Waals surface area (Å²) in [5.74, 6) is -2.53. The molecule has 2 N–H and O–H groups in total. The lowest BCUT2D eigenvalue weighted by Crippen LogP contribution is -2.31. The van der Waals surface area contributed by atoms with Gasteiger partial charge in [0, 0.05) is 23.1 Å². The normalized spacial score (nSPS) is 10.6. The Hall–Kier alpha value is -3.29. The van der Waals surface area contributed by atoms with Crippen molar-refractivity contribution < 1.29 is 29.3 Å². The molecular formula is C21H15Cl2NO6. The van der Waals surface area contributed by atoms with Crippen LogP contribution in [0.15, 0.2) is 48.5 Å². The maximum atomic E-state index is 12.5. The highest BCUT2D eigenvalue weighted by Gasteiger charge is 2.17. The zero-order valence-corrected chi connectivity index (χ0v) is 17.1. The van der Waals surface area contributed by atoms with Gasteiger partial charge in [0.25, 0.3) is 5.91 Å². The molecule has 0 fully saturated rings. The number of nitrogens with zero attached hydrogens (tertiary/aromatic N) is 1. The van der Waals surface area contributed by atoms with Crippen molar-refractivity contribution in [1.82, 2.24) is 0 Å². The lowest BCUT2D eigenvalue weighted by Gasteiger charge is -2.18. The lowest BCUT2D eigenvalue weighted by atomic mass is 10.1. The number of aromatic carboxylic acids is 2. The Morgan fingerprint density at radius 2 is 1.57 bits per heavy atom. The van der Waals surface area contributed by atoms with E-state index in [0.717, 1.165) is 0 Å². The summed E-state index contributed by atoms with van der Waals surface area (Å²) in [4.78, 5) is 36.2. The summed E-state index contributed by atoms with van der Waals surface area (Å²) in [6.07, 6.45) is 0. The van der Waals surface area contributed by atoms with E-state index in [9.17, 15) is 19.5 Å². The number of fused-ring (bicyclic) bond motifs is 1. The van der Waals surface area contributed by atoms with Gasteiger partial charge in [0.05, 0.1) is 16.1 Å². The largest absolute Gasteiger partial charge is 0.483 e. The molecule has 3 aromatic carbocycles. The van der Waals surface area contributed by atoms with Crippen molar-refractivity contribution in [1.29, 1.82) is 0 Å². The first-order valence-electron chi connectivity index (χ1n) is 8.56. The highest BCUT2D eigenvalue weighted by atomic mass is 35.5. The molecule has 0 unspecified atom stereocenters. The van der Waals surface area contributed by atoms with Crippen molar-refractivity contribution in [2.75, 3.05) is 18.6 Å². The summed E-state index contributed by atoms with van der Waals surface area (Å²) < 4.78 is 5.62. The van der Waals surface area contributed by atoms with Crippen LogP contribution in [0.25, 0.3) is 10.8 Å². The second kappa shape index (κ2) is 8.61.